The van der Waals surface area contributed by atoms with E-state index in [0.29, 0.717) is 0 Å². The van der Waals surface area contributed by atoms with Gasteiger partial charge in [0.2, 0.25) is 0 Å². The van der Waals surface area contributed by atoms with E-state index in [4.69, 9.17) is 16.3 Å². The predicted molar refractivity (Wildman–Crippen MR) is 105 cm³/mol. The molecular weight excluding hydrogens is 468 g/mol. The molecule has 13 heteroatoms. The lowest BCUT2D eigenvalue weighted by atomic mass is 10.3. The summed E-state index contributed by atoms with van der Waals surface area (Å²) in [6.07, 6.45) is -3.88. The SMILES string of the molecule is COC(=O)C=C(CSc1cc(-n2c(=O)cc(C(F)(F)F)n(C)c2=O)c(F)cc1Cl)OC. The molecule has 0 N–H and O–H groups in total. The smallest absolute Gasteiger partial charge is 0.431 e. The highest BCUT2D eigenvalue weighted by Crippen LogP contribution is 2.32. The van der Waals surface area contributed by atoms with E-state index in [1.807, 2.05) is 0 Å². The molecule has 1 aromatic heterocycles. The molecule has 0 saturated carbocycles. The minimum Gasteiger partial charge on any atom is -0.500 e. The molecule has 168 valence electrons. The van der Waals surface area contributed by atoms with Crippen LogP contribution in [0.4, 0.5) is 17.6 Å². The fourth-order valence-electron chi connectivity index (χ4n) is 2.42. The maximum Gasteiger partial charge on any atom is 0.431 e. The molecule has 0 saturated heterocycles. The Bertz CT molecular complexity index is 1160. The topological polar surface area (TPSA) is 79.5 Å². The van der Waals surface area contributed by atoms with Crippen molar-refractivity contribution >= 4 is 29.3 Å². The van der Waals surface area contributed by atoms with Gasteiger partial charge in [-0.25, -0.2) is 18.5 Å². The molecule has 0 aliphatic rings. The van der Waals surface area contributed by atoms with E-state index in [1.54, 1.807) is 0 Å². The summed E-state index contributed by atoms with van der Waals surface area (Å²) in [6.45, 7) is 0. The zero-order chi connectivity index (χ0) is 23.5. The van der Waals surface area contributed by atoms with Crippen molar-refractivity contribution in [1.82, 2.24) is 9.13 Å². The quantitative estimate of drug-likeness (QED) is 0.207. The zero-order valence-electron chi connectivity index (χ0n) is 16.3. The Morgan fingerprint density at radius 2 is 1.84 bits per heavy atom. The summed E-state index contributed by atoms with van der Waals surface area (Å²) in [5, 5.41) is -0.0865. The van der Waals surface area contributed by atoms with E-state index in [-0.39, 0.29) is 36.6 Å². The van der Waals surface area contributed by atoms with Gasteiger partial charge in [0.15, 0.2) is 0 Å². The number of ether oxygens (including phenoxy) is 2. The third-order valence-electron chi connectivity index (χ3n) is 3.96. The third-order valence-corrected chi connectivity index (χ3v) is 5.47. The standard InChI is InChI=1S/C18H15ClF4N2O5S/c1-24-14(18(21,22)23)7-15(26)25(17(24)28)12-6-13(10(19)5-11(12)20)31-8-9(29-2)4-16(27)30-3/h4-7H,8H2,1-3H3. The van der Waals surface area contributed by atoms with Gasteiger partial charge in [0.05, 0.1) is 36.8 Å². The van der Waals surface area contributed by atoms with Crippen LogP contribution in [0.5, 0.6) is 0 Å². The molecule has 31 heavy (non-hydrogen) atoms. The van der Waals surface area contributed by atoms with E-state index in [9.17, 15) is 31.9 Å². The number of halogens is 5. The van der Waals surface area contributed by atoms with Crippen molar-refractivity contribution < 1.29 is 31.8 Å². The van der Waals surface area contributed by atoms with Gasteiger partial charge in [-0.2, -0.15) is 13.2 Å². The van der Waals surface area contributed by atoms with Crippen LogP contribution in [0, 0.1) is 5.82 Å². The first-order valence-corrected chi connectivity index (χ1v) is 9.62. The van der Waals surface area contributed by atoms with E-state index >= 15 is 0 Å². The van der Waals surface area contributed by atoms with Crippen molar-refractivity contribution in [3.8, 4) is 5.69 Å². The predicted octanol–water partition coefficient (Wildman–Crippen LogP) is 3.14. The number of hydrogen-bond acceptors (Lipinski definition) is 6. The van der Waals surface area contributed by atoms with Gasteiger partial charge in [-0.3, -0.25) is 9.36 Å². The van der Waals surface area contributed by atoms with E-state index in [1.165, 1.54) is 14.2 Å². The lowest BCUT2D eigenvalue weighted by Gasteiger charge is -2.15. The molecule has 0 aliphatic carbocycles. The molecular formula is C18H15ClF4N2O5S. The fraction of sp³-hybridized carbons (Fsp3) is 0.278. The summed E-state index contributed by atoms with van der Waals surface area (Å²) in [4.78, 5) is 36.2. The molecule has 0 spiro atoms. The number of carbonyl (C=O) groups excluding carboxylic acids is 1. The van der Waals surface area contributed by atoms with Gasteiger partial charge >= 0.3 is 17.8 Å². The zero-order valence-corrected chi connectivity index (χ0v) is 17.8. The highest BCUT2D eigenvalue weighted by Gasteiger charge is 2.35. The monoisotopic (exact) mass is 482 g/mol. The van der Waals surface area contributed by atoms with Gasteiger partial charge in [-0.15, -0.1) is 11.8 Å². The van der Waals surface area contributed by atoms with Crippen molar-refractivity contribution in [3.63, 3.8) is 0 Å². The number of aromatic nitrogens is 2. The van der Waals surface area contributed by atoms with Gasteiger partial charge in [0.1, 0.15) is 17.3 Å². The van der Waals surface area contributed by atoms with Crippen molar-refractivity contribution in [3.05, 3.63) is 67.4 Å². The lowest BCUT2D eigenvalue weighted by molar-refractivity contribution is -0.144. The molecule has 0 unspecified atom stereocenters. The van der Waals surface area contributed by atoms with Crippen molar-refractivity contribution in [2.45, 2.75) is 11.1 Å². The highest BCUT2D eigenvalue weighted by atomic mass is 35.5. The number of benzene rings is 1. The Labute approximate surface area is 181 Å². The molecule has 0 radical (unpaired) electrons. The van der Waals surface area contributed by atoms with Gasteiger partial charge in [-0.05, 0) is 12.1 Å². The van der Waals surface area contributed by atoms with Gasteiger partial charge < -0.3 is 9.47 Å². The van der Waals surface area contributed by atoms with E-state index in [2.05, 4.69) is 4.74 Å². The largest absolute Gasteiger partial charge is 0.500 e. The summed E-state index contributed by atoms with van der Waals surface area (Å²) in [7, 11) is 3.29. The summed E-state index contributed by atoms with van der Waals surface area (Å²) in [5.41, 5.74) is -4.81. The van der Waals surface area contributed by atoms with Crippen molar-refractivity contribution in [2.75, 3.05) is 20.0 Å². The average molecular weight is 483 g/mol. The summed E-state index contributed by atoms with van der Waals surface area (Å²) < 4.78 is 63.5. The fourth-order valence-corrected chi connectivity index (χ4v) is 3.62. The summed E-state index contributed by atoms with van der Waals surface area (Å²) >= 11 is 6.98. The lowest BCUT2D eigenvalue weighted by Crippen LogP contribution is -2.41. The Kier molecular flexibility index (Phi) is 7.60. The number of thioether (sulfide) groups is 1. The molecule has 0 fully saturated rings. The Hall–Kier alpha value is -2.73. The van der Waals surface area contributed by atoms with Crippen LogP contribution in [-0.4, -0.2) is 35.1 Å². The van der Waals surface area contributed by atoms with Crippen LogP contribution < -0.4 is 11.2 Å². The van der Waals surface area contributed by atoms with Crippen LogP contribution in [0.1, 0.15) is 5.69 Å². The second kappa shape index (κ2) is 9.60. The number of rotatable bonds is 6. The third kappa shape index (κ3) is 5.50. The maximum absolute atomic E-state index is 14.5. The number of esters is 1. The molecule has 0 atom stereocenters. The van der Waals surface area contributed by atoms with Gasteiger partial charge in [0, 0.05) is 18.0 Å². The van der Waals surface area contributed by atoms with Crippen LogP contribution in [-0.2, 0) is 27.5 Å². The summed E-state index contributed by atoms with van der Waals surface area (Å²) in [5.74, 6) is -1.55. The molecule has 2 rings (SSSR count). The van der Waals surface area contributed by atoms with Crippen LogP contribution in [0.2, 0.25) is 5.02 Å². The first kappa shape index (κ1) is 24.5. The van der Waals surface area contributed by atoms with Gasteiger partial charge in [-0.1, -0.05) is 11.6 Å². The molecule has 0 aliphatic heterocycles. The molecule has 2 aromatic rings. The van der Waals surface area contributed by atoms with Crippen molar-refractivity contribution in [1.29, 1.82) is 0 Å². The Morgan fingerprint density at radius 1 is 1.19 bits per heavy atom. The molecule has 0 bridgehead atoms. The number of hydrogen-bond donors (Lipinski definition) is 0. The number of nitrogens with zero attached hydrogens (tertiary/aromatic N) is 2. The minimum absolute atomic E-state index is 0.0380. The number of carbonyl (C=O) groups is 1. The molecule has 1 aromatic carbocycles. The molecule has 7 nitrogen and oxygen atoms in total. The molecule has 1 heterocycles. The van der Waals surface area contributed by atoms with E-state index in [0.717, 1.165) is 37.0 Å². The van der Waals surface area contributed by atoms with Crippen molar-refractivity contribution in [2.24, 2.45) is 7.05 Å². The second-order valence-corrected chi connectivity index (χ2v) is 7.33. The maximum atomic E-state index is 14.5. The minimum atomic E-state index is -4.95. The normalized spacial score (nSPS) is 12.1. The van der Waals surface area contributed by atoms with Crippen LogP contribution >= 0.6 is 23.4 Å². The molecule has 0 amide bonds. The number of alkyl halides is 3. The first-order valence-electron chi connectivity index (χ1n) is 8.25. The number of methoxy groups -OCH3 is 2. The average Bonchev–Trinajstić information content (AvgIpc) is 2.69. The van der Waals surface area contributed by atoms with Crippen LogP contribution in [0.3, 0.4) is 0 Å². The van der Waals surface area contributed by atoms with Crippen LogP contribution in [0.15, 0.2) is 44.5 Å². The Balaban J connectivity index is 2.55. The Morgan fingerprint density at radius 3 is 2.39 bits per heavy atom. The second-order valence-electron chi connectivity index (χ2n) is 5.90. The summed E-state index contributed by atoms with van der Waals surface area (Å²) in [6, 6.07) is 2.06. The highest BCUT2D eigenvalue weighted by molar-refractivity contribution is 7.99. The van der Waals surface area contributed by atoms with Crippen LogP contribution in [0.25, 0.3) is 5.69 Å². The van der Waals surface area contributed by atoms with E-state index < -0.39 is 40.6 Å². The first-order chi connectivity index (χ1) is 14.4. The van der Waals surface area contributed by atoms with Gasteiger partial charge in [0.25, 0.3) is 5.56 Å².